The molecule has 1 aliphatic heterocycles. The topological polar surface area (TPSA) is 78.6 Å². The van der Waals surface area contributed by atoms with Crippen LogP contribution in [0.2, 0.25) is 0 Å². The molecule has 1 aliphatic rings. The molecule has 0 bridgehead atoms. The number of primary amides is 1. The Kier molecular flexibility index (Phi) is 6.75. The number of likely N-dealkylation sites (tertiary alicyclic amines) is 1. The summed E-state index contributed by atoms with van der Waals surface area (Å²) in [7, 11) is 0. The van der Waals surface area contributed by atoms with E-state index in [-0.39, 0.29) is 24.5 Å². The summed E-state index contributed by atoms with van der Waals surface area (Å²) in [5.41, 5.74) is 5.28. The molecular formula is C14H29N3O2. The molecule has 0 radical (unpaired) electrons. The number of nitrogens with one attached hydrogen (secondary N) is 1. The number of hydrogen-bond donors (Lipinski definition) is 3. The van der Waals surface area contributed by atoms with Crippen LogP contribution in [0.4, 0.5) is 0 Å². The van der Waals surface area contributed by atoms with Gasteiger partial charge in [-0.25, -0.2) is 0 Å². The van der Waals surface area contributed by atoms with Gasteiger partial charge in [0.15, 0.2) is 0 Å². The molecule has 1 fully saturated rings. The molecule has 19 heavy (non-hydrogen) atoms. The van der Waals surface area contributed by atoms with Gasteiger partial charge in [-0.2, -0.15) is 0 Å². The summed E-state index contributed by atoms with van der Waals surface area (Å²) in [5.74, 6) is 0.526. The number of piperidine rings is 1. The van der Waals surface area contributed by atoms with E-state index in [4.69, 9.17) is 5.73 Å². The Morgan fingerprint density at radius 3 is 2.68 bits per heavy atom. The minimum absolute atomic E-state index is 0.225. The summed E-state index contributed by atoms with van der Waals surface area (Å²) in [6.07, 6.45) is 1.43. The highest BCUT2D eigenvalue weighted by Crippen LogP contribution is 2.22. The SMILES string of the molecule is CCC(O)C1CC(NCC(C)C)CN(CC(N)=O)C1. The van der Waals surface area contributed by atoms with Crippen LogP contribution in [-0.4, -0.2) is 54.2 Å². The number of aliphatic hydroxyl groups is 1. The van der Waals surface area contributed by atoms with Crippen molar-refractivity contribution in [2.75, 3.05) is 26.2 Å². The number of carbonyl (C=O) groups excluding carboxylic acids is 1. The zero-order valence-corrected chi connectivity index (χ0v) is 12.4. The fourth-order valence-electron chi connectivity index (χ4n) is 2.74. The van der Waals surface area contributed by atoms with Gasteiger partial charge in [0, 0.05) is 19.1 Å². The molecule has 1 heterocycles. The van der Waals surface area contributed by atoms with E-state index in [0.717, 1.165) is 32.5 Å². The summed E-state index contributed by atoms with van der Waals surface area (Å²) in [6, 6.07) is 0.335. The van der Waals surface area contributed by atoms with Crippen LogP contribution in [0.1, 0.15) is 33.6 Å². The van der Waals surface area contributed by atoms with Crippen LogP contribution in [-0.2, 0) is 4.79 Å². The fraction of sp³-hybridized carbons (Fsp3) is 0.929. The van der Waals surface area contributed by atoms with E-state index in [1.54, 1.807) is 0 Å². The van der Waals surface area contributed by atoms with Crippen molar-refractivity contribution in [2.45, 2.75) is 45.8 Å². The van der Waals surface area contributed by atoms with Gasteiger partial charge in [0.2, 0.25) is 5.91 Å². The molecule has 5 nitrogen and oxygen atoms in total. The molecule has 0 saturated carbocycles. The number of amides is 1. The van der Waals surface area contributed by atoms with Crippen molar-refractivity contribution < 1.29 is 9.90 Å². The zero-order chi connectivity index (χ0) is 14.4. The monoisotopic (exact) mass is 271 g/mol. The van der Waals surface area contributed by atoms with E-state index >= 15 is 0 Å². The smallest absolute Gasteiger partial charge is 0.231 e. The molecule has 0 aliphatic carbocycles. The van der Waals surface area contributed by atoms with Crippen molar-refractivity contribution in [1.82, 2.24) is 10.2 Å². The predicted octanol–water partition coefficient (Wildman–Crippen LogP) is 0.179. The highest BCUT2D eigenvalue weighted by molar-refractivity contribution is 5.75. The molecule has 0 aromatic heterocycles. The van der Waals surface area contributed by atoms with E-state index in [2.05, 4.69) is 24.1 Å². The number of aliphatic hydroxyl groups excluding tert-OH is 1. The molecule has 3 unspecified atom stereocenters. The fourth-order valence-corrected chi connectivity index (χ4v) is 2.74. The first-order chi connectivity index (χ1) is 8.92. The normalized spacial score (nSPS) is 26.6. The maximum Gasteiger partial charge on any atom is 0.231 e. The highest BCUT2D eigenvalue weighted by atomic mass is 16.3. The lowest BCUT2D eigenvalue weighted by molar-refractivity contribution is -0.120. The van der Waals surface area contributed by atoms with E-state index in [0.29, 0.717) is 12.0 Å². The molecule has 4 N–H and O–H groups in total. The quantitative estimate of drug-likeness (QED) is 0.617. The third kappa shape index (κ3) is 5.89. The summed E-state index contributed by atoms with van der Waals surface area (Å²) >= 11 is 0. The lowest BCUT2D eigenvalue weighted by atomic mass is 9.88. The van der Waals surface area contributed by atoms with Gasteiger partial charge >= 0.3 is 0 Å². The number of carbonyl (C=O) groups is 1. The minimum atomic E-state index is -0.297. The first-order valence-electron chi connectivity index (χ1n) is 7.34. The van der Waals surface area contributed by atoms with Crippen molar-refractivity contribution in [3.8, 4) is 0 Å². The first-order valence-corrected chi connectivity index (χ1v) is 7.34. The Bertz CT molecular complexity index is 284. The van der Waals surface area contributed by atoms with Gasteiger partial charge in [-0.15, -0.1) is 0 Å². The third-order valence-electron chi connectivity index (χ3n) is 3.72. The molecule has 1 saturated heterocycles. The Labute approximate surface area is 116 Å². The second-order valence-electron chi connectivity index (χ2n) is 6.13. The Balaban J connectivity index is 2.58. The van der Waals surface area contributed by atoms with Crippen molar-refractivity contribution in [2.24, 2.45) is 17.6 Å². The minimum Gasteiger partial charge on any atom is -0.393 e. The molecule has 5 heteroatoms. The summed E-state index contributed by atoms with van der Waals surface area (Å²) in [6.45, 7) is 9.19. The number of rotatable bonds is 7. The Morgan fingerprint density at radius 1 is 1.47 bits per heavy atom. The maximum atomic E-state index is 11.1. The lowest BCUT2D eigenvalue weighted by Crippen LogP contribution is -2.53. The van der Waals surface area contributed by atoms with Crippen LogP contribution < -0.4 is 11.1 Å². The van der Waals surface area contributed by atoms with Crippen LogP contribution in [0.3, 0.4) is 0 Å². The standard InChI is InChI=1S/C14H29N3O2/c1-4-13(18)11-5-12(16-6-10(2)3)8-17(7-11)9-14(15)19/h10-13,16,18H,4-9H2,1-3H3,(H2,15,19). The Hall–Kier alpha value is -0.650. The molecule has 0 aromatic rings. The summed E-state index contributed by atoms with van der Waals surface area (Å²) in [5, 5.41) is 13.6. The van der Waals surface area contributed by atoms with Crippen LogP contribution >= 0.6 is 0 Å². The summed E-state index contributed by atoms with van der Waals surface area (Å²) < 4.78 is 0. The van der Waals surface area contributed by atoms with Gasteiger partial charge in [-0.05, 0) is 31.2 Å². The second kappa shape index (κ2) is 7.82. The largest absolute Gasteiger partial charge is 0.393 e. The Morgan fingerprint density at radius 2 is 2.16 bits per heavy atom. The highest BCUT2D eigenvalue weighted by Gasteiger charge is 2.31. The van der Waals surface area contributed by atoms with Crippen LogP contribution in [0, 0.1) is 11.8 Å². The third-order valence-corrected chi connectivity index (χ3v) is 3.72. The average molecular weight is 271 g/mol. The van der Waals surface area contributed by atoms with Crippen molar-refractivity contribution in [1.29, 1.82) is 0 Å². The van der Waals surface area contributed by atoms with Gasteiger partial charge < -0.3 is 16.2 Å². The van der Waals surface area contributed by atoms with E-state index < -0.39 is 0 Å². The number of hydrogen-bond acceptors (Lipinski definition) is 4. The second-order valence-corrected chi connectivity index (χ2v) is 6.13. The van der Waals surface area contributed by atoms with Crippen LogP contribution in [0.25, 0.3) is 0 Å². The molecule has 0 spiro atoms. The molecule has 1 amide bonds. The van der Waals surface area contributed by atoms with E-state index in [1.807, 2.05) is 6.92 Å². The number of nitrogens with zero attached hydrogens (tertiary/aromatic N) is 1. The van der Waals surface area contributed by atoms with Crippen molar-refractivity contribution in [3.63, 3.8) is 0 Å². The molecular weight excluding hydrogens is 242 g/mol. The first kappa shape index (κ1) is 16.4. The number of nitrogens with two attached hydrogens (primary N) is 1. The maximum absolute atomic E-state index is 11.1. The van der Waals surface area contributed by atoms with Crippen LogP contribution in [0.15, 0.2) is 0 Å². The van der Waals surface area contributed by atoms with Gasteiger partial charge in [0.25, 0.3) is 0 Å². The van der Waals surface area contributed by atoms with Crippen molar-refractivity contribution >= 4 is 5.91 Å². The molecule has 3 atom stereocenters. The molecule has 0 aromatic carbocycles. The zero-order valence-electron chi connectivity index (χ0n) is 12.4. The molecule has 1 rings (SSSR count). The van der Waals surface area contributed by atoms with Crippen LogP contribution in [0.5, 0.6) is 0 Å². The average Bonchev–Trinajstić information content (AvgIpc) is 2.34. The van der Waals surface area contributed by atoms with Gasteiger partial charge in [0.05, 0.1) is 12.6 Å². The van der Waals surface area contributed by atoms with E-state index in [1.165, 1.54) is 0 Å². The lowest BCUT2D eigenvalue weighted by Gasteiger charge is -2.39. The van der Waals surface area contributed by atoms with Gasteiger partial charge in [-0.3, -0.25) is 9.69 Å². The van der Waals surface area contributed by atoms with E-state index in [9.17, 15) is 9.90 Å². The van der Waals surface area contributed by atoms with Gasteiger partial charge in [-0.1, -0.05) is 20.8 Å². The van der Waals surface area contributed by atoms with Crippen molar-refractivity contribution in [3.05, 3.63) is 0 Å². The summed E-state index contributed by atoms with van der Waals surface area (Å²) in [4.78, 5) is 13.1. The van der Waals surface area contributed by atoms with Gasteiger partial charge in [0.1, 0.15) is 0 Å². The predicted molar refractivity (Wildman–Crippen MR) is 76.7 cm³/mol. The molecule has 112 valence electrons.